The summed E-state index contributed by atoms with van der Waals surface area (Å²) >= 11 is 0. The minimum atomic E-state index is -0.988. The van der Waals surface area contributed by atoms with Crippen LogP contribution in [0.4, 0.5) is 0 Å². The second-order valence-electron chi connectivity index (χ2n) is 4.37. The van der Waals surface area contributed by atoms with Crippen LogP contribution in [0.1, 0.15) is 29.6 Å². The number of benzene rings is 1. The standard InChI is InChI=1S/C13H15NO4/c15-11-7-2-1-5-9(11)12(16)14-8-4-3-6-10(14)13(17)18/h1-2,5,7,10,15H,3-4,6,8H2,(H,17,18)/t10-/m1/s1. The molecular formula is C13H15NO4. The number of carbonyl (C=O) groups excluding carboxylic acids is 1. The number of para-hydroxylation sites is 1. The fraction of sp³-hybridized carbons (Fsp3) is 0.385. The molecule has 0 saturated carbocycles. The van der Waals surface area contributed by atoms with E-state index >= 15 is 0 Å². The van der Waals surface area contributed by atoms with Crippen LogP contribution in [0.3, 0.4) is 0 Å². The highest BCUT2D eigenvalue weighted by molar-refractivity contribution is 5.98. The average Bonchev–Trinajstić information content (AvgIpc) is 2.38. The van der Waals surface area contributed by atoms with Crippen LogP contribution in [0.15, 0.2) is 24.3 Å². The lowest BCUT2D eigenvalue weighted by Gasteiger charge is -2.33. The van der Waals surface area contributed by atoms with Crippen molar-refractivity contribution in [3.8, 4) is 5.75 Å². The summed E-state index contributed by atoms with van der Waals surface area (Å²) in [5.41, 5.74) is 0.158. The van der Waals surface area contributed by atoms with Crippen molar-refractivity contribution in [1.82, 2.24) is 4.90 Å². The van der Waals surface area contributed by atoms with Crippen molar-refractivity contribution in [1.29, 1.82) is 0 Å². The van der Waals surface area contributed by atoms with Crippen LogP contribution < -0.4 is 0 Å². The van der Waals surface area contributed by atoms with Crippen LogP contribution >= 0.6 is 0 Å². The van der Waals surface area contributed by atoms with E-state index in [0.29, 0.717) is 13.0 Å². The maximum Gasteiger partial charge on any atom is 0.326 e. The van der Waals surface area contributed by atoms with E-state index in [1.807, 2.05) is 0 Å². The molecule has 1 saturated heterocycles. The van der Waals surface area contributed by atoms with Gasteiger partial charge in [-0.05, 0) is 31.4 Å². The van der Waals surface area contributed by atoms with E-state index in [9.17, 15) is 14.7 Å². The molecule has 1 aromatic rings. The Morgan fingerprint density at radius 2 is 1.94 bits per heavy atom. The number of phenolic OH excluding ortho intramolecular Hbond substituents is 1. The fourth-order valence-corrected chi connectivity index (χ4v) is 2.24. The predicted molar refractivity (Wildman–Crippen MR) is 64.4 cm³/mol. The van der Waals surface area contributed by atoms with Gasteiger partial charge in [0.1, 0.15) is 11.8 Å². The molecule has 1 fully saturated rings. The third-order valence-electron chi connectivity index (χ3n) is 3.18. The van der Waals surface area contributed by atoms with Gasteiger partial charge in [0.2, 0.25) is 0 Å². The molecule has 0 aromatic heterocycles. The Morgan fingerprint density at radius 3 is 2.61 bits per heavy atom. The van der Waals surface area contributed by atoms with E-state index < -0.39 is 17.9 Å². The molecule has 5 heteroatoms. The van der Waals surface area contributed by atoms with E-state index in [1.165, 1.54) is 17.0 Å². The Labute approximate surface area is 105 Å². The molecule has 1 atom stereocenters. The number of likely N-dealkylation sites (tertiary alicyclic amines) is 1. The number of amides is 1. The highest BCUT2D eigenvalue weighted by atomic mass is 16.4. The smallest absolute Gasteiger partial charge is 0.326 e. The Kier molecular flexibility index (Phi) is 3.50. The Morgan fingerprint density at radius 1 is 1.22 bits per heavy atom. The summed E-state index contributed by atoms with van der Waals surface area (Å²) in [7, 11) is 0. The lowest BCUT2D eigenvalue weighted by atomic mass is 10.0. The molecule has 5 nitrogen and oxygen atoms in total. The Bertz CT molecular complexity index is 472. The van der Waals surface area contributed by atoms with Gasteiger partial charge in [0, 0.05) is 6.54 Å². The molecule has 2 N–H and O–H groups in total. The van der Waals surface area contributed by atoms with Crippen LogP contribution in [-0.2, 0) is 4.79 Å². The number of rotatable bonds is 2. The zero-order chi connectivity index (χ0) is 13.1. The zero-order valence-corrected chi connectivity index (χ0v) is 9.87. The summed E-state index contributed by atoms with van der Waals surface area (Å²) < 4.78 is 0. The van der Waals surface area contributed by atoms with Crippen LogP contribution in [0.2, 0.25) is 0 Å². The molecule has 2 rings (SSSR count). The second kappa shape index (κ2) is 5.08. The van der Waals surface area contributed by atoms with E-state index in [2.05, 4.69) is 0 Å². The zero-order valence-electron chi connectivity index (χ0n) is 9.87. The normalized spacial score (nSPS) is 19.6. The minimum Gasteiger partial charge on any atom is -0.507 e. The van der Waals surface area contributed by atoms with Crippen LogP contribution in [0.5, 0.6) is 5.75 Å². The van der Waals surface area contributed by atoms with Crippen molar-refractivity contribution in [2.45, 2.75) is 25.3 Å². The monoisotopic (exact) mass is 249 g/mol. The maximum absolute atomic E-state index is 12.2. The first kappa shape index (κ1) is 12.4. The molecule has 1 amide bonds. The molecule has 96 valence electrons. The number of nitrogens with zero attached hydrogens (tertiary/aromatic N) is 1. The number of hydrogen-bond acceptors (Lipinski definition) is 3. The Balaban J connectivity index is 2.27. The highest BCUT2D eigenvalue weighted by Crippen LogP contribution is 2.23. The number of aliphatic carboxylic acids is 1. The van der Waals surface area contributed by atoms with Gasteiger partial charge >= 0.3 is 5.97 Å². The summed E-state index contributed by atoms with van der Waals surface area (Å²) in [6, 6.07) is 5.41. The van der Waals surface area contributed by atoms with Crippen LogP contribution in [0.25, 0.3) is 0 Å². The molecule has 0 spiro atoms. The molecule has 0 bridgehead atoms. The topological polar surface area (TPSA) is 77.8 Å². The first-order chi connectivity index (χ1) is 8.61. The van der Waals surface area contributed by atoms with Crippen LogP contribution in [-0.4, -0.2) is 39.6 Å². The fourth-order valence-electron chi connectivity index (χ4n) is 2.24. The minimum absolute atomic E-state index is 0.114. The summed E-state index contributed by atoms with van der Waals surface area (Å²) in [5, 5.41) is 18.8. The molecule has 1 aromatic carbocycles. The predicted octanol–water partition coefficient (Wildman–Crippen LogP) is 1.47. The number of carboxylic acids is 1. The van der Waals surface area contributed by atoms with Crippen molar-refractivity contribution in [2.24, 2.45) is 0 Å². The summed E-state index contributed by atoms with van der Waals surface area (Å²) in [5.74, 6) is -1.52. The number of piperidine rings is 1. The largest absolute Gasteiger partial charge is 0.507 e. The maximum atomic E-state index is 12.2. The summed E-state index contributed by atoms with van der Waals surface area (Å²) in [6.45, 7) is 0.421. The lowest BCUT2D eigenvalue weighted by Crippen LogP contribution is -2.47. The number of carboxylic acid groups (broad SMARTS) is 1. The number of phenols is 1. The van der Waals surface area contributed by atoms with E-state index in [0.717, 1.165) is 12.8 Å². The highest BCUT2D eigenvalue weighted by Gasteiger charge is 2.33. The quantitative estimate of drug-likeness (QED) is 0.832. The molecule has 1 aliphatic heterocycles. The van der Waals surface area contributed by atoms with Crippen molar-refractivity contribution < 1.29 is 19.8 Å². The third-order valence-corrected chi connectivity index (χ3v) is 3.18. The van der Waals surface area contributed by atoms with Gasteiger partial charge in [-0.25, -0.2) is 4.79 Å². The molecular weight excluding hydrogens is 234 g/mol. The second-order valence-corrected chi connectivity index (χ2v) is 4.37. The lowest BCUT2D eigenvalue weighted by molar-refractivity contribution is -0.143. The molecule has 1 heterocycles. The van der Waals surface area contributed by atoms with Gasteiger partial charge in [-0.2, -0.15) is 0 Å². The van der Waals surface area contributed by atoms with E-state index in [4.69, 9.17) is 5.11 Å². The van der Waals surface area contributed by atoms with Gasteiger partial charge in [0.25, 0.3) is 5.91 Å². The number of carbonyl (C=O) groups is 2. The third kappa shape index (κ3) is 2.30. The van der Waals surface area contributed by atoms with Gasteiger partial charge in [0.15, 0.2) is 0 Å². The van der Waals surface area contributed by atoms with Gasteiger partial charge in [-0.15, -0.1) is 0 Å². The molecule has 18 heavy (non-hydrogen) atoms. The molecule has 1 aliphatic rings. The van der Waals surface area contributed by atoms with Crippen LogP contribution in [0, 0.1) is 0 Å². The Hall–Kier alpha value is -2.04. The number of hydrogen-bond donors (Lipinski definition) is 2. The van der Waals surface area contributed by atoms with Crippen molar-refractivity contribution in [3.63, 3.8) is 0 Å². The summed E-state index contributed by atoms with van der Waals surface area (Å²) in [6.07, 6.45) is 2.07. The van der Waals surface area contributed by atoms with Crippen molar-refractivity contribution in [3.05, 3.63) is 29.8 Å². The van der Waals surface area contributed by atoms with Gasteiger partial charge in [-0.1, -0.05) is 12.1 Å². The molecule has 0 aliphatic carbocycles. The molecule has 0 radical (unpaired) electrons. The van der Waals surface area contributed by atoms with Crippen molar-refractivity contribution in [2.75, 3.05) is 6.54 Å². The SMILES string of the molecule is O=C(O)[C@H]1CCCCN1C(=O)c1ccccc1O. The number of aromatic hydroxyl groups is 1. The van der Waals surface area contributed by atoms with Crippen molar-refractivity contribution >= 4 is 11.9 Å². The summed E-state index contributed by atoms with van der Waals surface area (Å²) in [4.78, 5) is 24.7. The van der Waals surface area contributed by atoms with Gasteiger partial charge in [-0.3, -0.25) is 4.79 Å². The van der Waals surface area contributed by atoms with E-state index in [1.54, 1.807) is 12.1 Å². The van der Waals surface area contributed by atoms with Gasteiger partial charge in [0.05, 0.1) is 5.56 Å². The van der Waals surface area contributed by atoms with E-state index in [-0.39, 0.29) is 11.3 Å². The first-order valence-electron chi connectivity index (χ1n) is 5.93. The first-order valence-corrected chi connectivity index (χ1v) is 5.93. The average molecular weight is 249 g/mol. The molecule has 0 unspecified atom stereocenters. The van der Waals surface area contributed by atoms with Gasteiger partial charge < -0.3 is 15.1 Å².